The largest absolute Gasteiger partial charge is 0.497 e. The van der Waals surface area contributed by atoms with Crippen LogP contribution in [0.1, 0.15) is 19.4 Å². The van der Waals surface area contributed by atoms with Crippen LogP contribution in [0.25, 0.3) is 0 Å². The summed E-state index contributed by atoms with van der Waals surface area (Å²) in [6.07, 6.45) is 0. The average Bonchev–Trinajstić information content (AvgIpc) is 2.36. The van der Waals surface area contributed by atoms with Crippen molar-refractivity contribution in [1.82, 2.24) is 10.7 Å². The van der Waals surface area contributed by atoms with Gasteiger partial charge in [0.1, 0.15) is 5.75 Å². The first-order valence-corrected chi connectivity index (χ1v) is 5.38. The summed E-state index contributed by atoms with van der Waals surface area (Å²) in [6.45, 7) is 4.60. The second-order valence-electron chi connectivity index (χ2n) is 4.44. The lowest BCUT2D eigenvalue weighted by molar-refractivity contribution is 0.238. The molecule has 0 saturated carbocycles. The highest BCUT2D eigenvalue weighted by atomic mass is 16.5. The number of nitrogens with one attached hydrogen (secondary N) is 2. The average molecular weight is 237 g/mol. The van der Waals surface area contributed by atoms with E-state index in [9.17, 15) is 4.79 Å². The molecule has 0 unspecified atom stereocenters. The van der Waals surface area contributed by atoms with Crippen molar-refractivity contribution in [3.63, 3.8) is 0 Å². The van der Waals surface area contributed by atoms with Gasteiger partial charge >= 0.3 is 6.03 Å². The van der Waals surface area contributed by atoms with Crippen molar-refractivity contribution in [3.8, 4) is 5.75 Å². The first-order valence-electron chi connectivity index (χ1n) is 5.38. The molecule has 5 nitrogen and oxygen atoms in total. The Morgan fingerprint density at radius 1 is 1.35 bits per heavy atom. The number of ether oxygens (including phenoxy) is 1. The molecule has 0 heterocycles. The molecule has 0 saturated heterocycles. The van der Waals surface area contributed by atoms with E-state index in [0.717, 1.165) is 11.3 Å². The Morgan fingerprint density at radius 3 is 2.41 bits per heavy atom. The third-order valence-corrected chi connectivity index (χ3v) is 2.69. The minimum Gasteiger partial charge on any atom is -0.497 e. The first kappa shape index (κ1) is 13.3. The van der Waals surface area contributed by atoms with Crippen LogP contribution in [-0.4, -0.2) is 19.7 Å². The Kier molecular flexibility index (Phi) is 4.34. The molecular weight excluding hydrogens is 218 g/mol. The van der Waals surface area contributed by atoms with Crippen LogP contribution in [0.5, 0.6) is 5.75 Å². The van der Waals surface area contributed by atoms with Crippen LogP contribution >= 0.6 is 0 Å². The van der Waals surface area contributed by atoms with Gasteiger partial charge in [-0.05, 0) is 17.7 Å². The van der Waals surface area contributed by atoms with Crippen molar-refractivity contribution < 1.29 is 9.53 Å². The highest BCUT2D eigenvalue weighted by molar-refractivity contribution is 5.73. The number of rotatable bonds is 4. The molecule has 0 bridgehead atoms. The van der Waals surface area contributed by atoms with Gasteiger partial charge in [0.15, 0.2) is 0 Å². The van der Waals surface area contributed by atoms with Crippen molar-refractivity contribution in [3.05, 3.63) is 29.8 Å². The fourth-order valence-corrected chi connectivity index (χ4v) is 1.50. The number of carbonyl (C=O) groups excluding carboxylic acids is 1. The van der Waals surface area contributed by atoms with E-state index in [1.807, 2.05) is 43.5 Å². The zero-order valence-electron chi connectivity index (χ0n) is 10.4. The quantitative estimate of drug-likeness (QED) is 0.417. The Bertz CT molecular complexity index is 374. The Labute approximate surface area is 101 Å². The zero-order valence-corrected chi connectivity index (χ0v) is 10.4. The summed E-state index contributed by atoms with van der Waals surface area (Å²) < 4.78 is 5.10. The van der Waals surface area contributed by atoms with Gasteiger partial charge in [0, 0.05) is 12.0 Å². The molecule has 1 aromatic carbocycles. The molecule has 4 N–H and O–H groups in total. The molecule has 1 aromatic rings. The Balaban J connectivity index is 2.70. The summed E-state index contributed by atoms with van der Waals surface area (Å²) in [5.41, 5.74) is 2.99. The second-order valence-corrected chi connectivity index (χ2v) is 4.44. The number of hydrazine groups is 1. The number of hydrogen-bond acceptors (Lipinski definition) is 3. The van der Waals surface area contributed by atoms with Crippen LogP contribution in [0.15, 0.2) is 24.3 Å². The maximum absolute atomic E-state index is 11.0. The molecular formula is C12H19N3O2. The van der Waals surface area contributed by atoms with Crippen LogP contribution in [0.3, 0.4) is 0 Å². The number of hydrogen-bond donors (Lipinski definition) is 3. The van der Waals surface area contributed by atoms with Gasteiger partial charge < -0.3 is 10.1 Å². The lowest BCUT2D eigenvalue weighted by Crippen LogP contribution is -2.44. The second kappa shape index (κ2) is 5.54. The molecule has 0 fully saturated rings. The van der Waals surface area contributed by atoms with Crippen molar-refractivity contribution in [2.24, 2.45) is 5.84 Å². The number of urea groups is 1. The van der Waals surface area contributed by atoms with Gasteiger partial charge in [-0.3, -0.25) is 5.43 Å². The summed E-state index contributed by atoms with van der Waals surface area (Å²) >= 11 is 0. The first-order chi connectivity index (χ1) is 7.99. The predicted octanol–water partition coefficient (Wildman–Crippen LogP) is 1.15. The topological polar surface area (TPSA) is 76.4 Å². The maximum atomic E-state index is 11.0. The van der Waals surface area contributed by atoms with Crippen molar-refractivity contribution >= 4 is 6.03 Å². The van der Waals surface area contributed by atoms with E-state index in [4.69, 9.17) is 10.6 Å². The molecule has 17 heavy (non-hydrogen) atoms. The normalized spacial score (nSPS) is 10.8. The molecule has 0 aliphatic rings. The van der Waals surface area contributed by atoms with Crippen LogP contribution in [0, 0.1) is 0 Å². The van der Waals surface area contributed by atoms with E-state index >= 15 is 0 Å². The number of methoxy groups -OCH3 is 1. The van der Waals surface area contributed by atoms with Gasteiger partial charge in [-0.25, -0.2) is 10.6 Å². The van der Waals surface area contributed by atoms with Gasteiger partial charge in [0.2, 0.25) is 0 Å². The lowest BCUT2D eigenvalue weighted by Gasteiger charge is -2.25. The Hall–Kier alpha value is -1.75. The summed E-state index contributed by atoms with van der Waals surface area (Å²) in [5.74, 6) is 5.82. The minimum absolute atomic E-state index is 0.168. The third kappa shape index (κ3) is 3.64. The van der Waals surface area contributed by atoms with Gasteiger partial charge in [-0.1, -0.05) is 26.0 Å². The molecule has 0 aliphatic carbocycles. The van der Waals surface area contributed by atoms with E-state index in [1.165, 1.54) is 0 Å². The molecule has 0 spiro atoms. The molecule has 5 heteroatoms. The summed E-state index contributed by atoms with van der Waals surface area (Å²) in [4.78, 5) is 11.0. The predicted molar refractivity (Wildman–Crippen MR) is 66.7 cm³/mol. The lowest BCUT2D eigenvalue weighted by atomic mass is 9.84. The molecule has 0 aliphatic heterocycles. The van der Waals surface area contributed by atoms with Gasteiger partial charge in [-0.2, -0.15) is 0 Å². The monoisotopic (exact) mass is 237 g/mol. The highest BCUT2D eigenvalue weighted by Crippen LogP contribution is 2.24. The smallest absolute Gasteiger partial charge is 0.328 e. The van der Waals surface area contributed by atoms with Gasteiger partial charge in [0.25, 0.3) is 0 Å². The van der Waals surface area contributed by atoms with Crippen LogP contribution < -0.4 is 21.3 Å². The molecule has 94 valence electrons. The van der Waals surface area contributed by atoms with Gasteiger partial charge in [0.05, 0.1) is 7.11 Å². The van der Waals surface area contributed by atoms with Crippen molar-refractivity contribution in [2.75, 3.05) is 13.7 Å². The molecule has 0 atom stereocenters. The molecule has 1 rings (SSSR count). The summed E-state index contributed by atoms with van der Waals surface area (Å²) in [7, 11) is 1.63. The van der Waals surface area contributed by atoms with E-state index in [-0.39, 0.29) is 11.4 Å². The molecule has 0 aromatic heterocycles. The van der Waals surface area contributed by atoms with Gasteiger partial charge in [-0.15, -0.1) is 0 Å². The fraction of sp³-hybridized carbons (Fsp3) is 0.417. The highest BCUT2D eigenvalue weighted by Gasteiger charge is 2.21. The van der Waals surface area contributed by atoms with E-state index in [1.54, 1.807) is 7.11 Å². The van der Waals surface area contributed by atoms with Crippen molar-refractivity contribution in [2.45, 2.75) is 19.3 Å². The summed E-state index contributed by atoms with van der Waals surface area (Å²) in [6, 6.07) is 7.40. The number of nitrogens with two attached hydrogens (primary N) is 1. The zero-order chi connectivity index (χ0) is 12.9. The number of carbonyl (C=O) groups is 1. The Morgan fingerprint density at radius 2 is 1.94 bits per heavy atom. The van der Waals surface area contributed by atoms with E-state index in [0.29, 0.717) is 6.54 Å². The number of amides is 2. The minimum atomic E-state index is -0.383. The maximum Gasteiger partial charge on any atom is 0.328 e. The standard InChI is InChI=1S/C12H19N3O2/c1-12(2,8-14-11(16)15-13)9-4-6-10(17-3)7-5-9/h4-7H,8,13H2,1-3H3,(H2,14,15,16). The molecule has 0 radical (unpaired) electrons. The van der Waals surface area contributed by atoms with Crippen LogP contribution in [-0.2, 0) is 5.41 Å². The van der Waals surface area contributed by atoms with Crippen LogP contribution in [0.2, 0.25) is 0 Å². The SMILES string of the molecule is COc1ccc(C(C)(C)CNC(=O)NN)cc1. The molecule has 2 amide bonds. The summed E-state index contributed by atoms with van der Waals surface area (Å²) in [5, 5.41) is 2.69. The van der Waals surface area contributed by atoms with Crippen LogP contribution in [0.4, 0.5) is 4.79 Å². The van der Waals surface area contributed by atoms with E-state index in [2.05, 4.69) is 5.32 Å². The van der Waals surface area contributed by atoms with E-state index < -0.39 is 0 Å². The third-order valence-electron chi connectivity index (χ3n) is 2.69. The van der Waals surface area contributed by atoms with Crippen molar-refractivity contribution in [1.29, 1.82) is 0 Å². The number of benzene rings is 1. The fourth-order valence-electron chi connectivity index (χ4n) is 1.50.